The van der Waals surface area contributed by atoms with Crippen molar-refractivity contribution in [1.29, 1.82) is 0 Å². The van der Waals surface area contributed by atoms with Crippen LogP contribution in [0.15, 0.2) is 32.5 Å². The van der Waals surface area contributed by atoms with E-state index < -0.39 is 0 Å². The van der Waals surface area contributed by atoms with Gasteiger partial charge in [-0.2, -0.15) is 0 Å². The molecule has 21 heavy (non-hydrogen) atoms. The van der Waals surface area contributed by atoms with Crippen LogP contribution in [0.3, 0.4) is 0 Å². The van der Waals surface area contributed by atoms with E-state index >= 15 is 0 Å². The van der Waals surface area contributed by atoms with Crippen molar-refractivity contribution >= 4 is 49.1 Å². The number of amides is 1. The zero-order valence-corrected chi connectivity index (χ0v) is 15.2. The van der Waals surface area contributed by atoms with Gasteiger partial charge in [-0.1, -0.05) is 0 Å². The van der Waals surface area contributed by atoms with Gasteiger partial charge < -0.3 is 10.1 Å². The second-order valence-corrected chi connectivity index (χ2v) is 7.54. The number of hydrogen-bond acceptors (Lipinski definition) is 3. The van der Waals surface area contributed by atoms with Crippen LogP contribution in [0.2, 0.25) is 0 Å². The molecule has 1 amide bonds. The minimum Gasteiger partial charge on any atom is -0.496 e. The topological polar surface area (TPSA) is 38.3 Å². The predicted molar refractivity (Wildman–Crippen MR) is 88.6 cm³/mol. The fourth-order valence-electron chi connectivity index (χ4n) is 1.85. The Morgan fingerprint density at radius 2 is 2.10 bits per heavy atom. The zero-order chi connectivity index (χ0) is 15.6. The minimum absolute atomic E-state index is 0.217. The van der Waals surface area contributed by atoms with E-state index in [-0.39, 0.29) is 17.8 Å². The summed E-state index contributed by atoms with van der Waals surface area (Å²) in [5.74, 6) is -0.0449. The lowest BCUT2D eigenvalue weighted by atomic mass is 10.1. The van der Waals surface area contributed by atoms with E-state index in [1.807, 2.05) is 0 Å². The lowest BCUT2D eigenvalue weighted by Crippen LogP contribution is -2.26. The quantitative estimate of drug-likeness (QED) is 0.739. The molecule has 1 heterocycles. The van der Waals surface area contributed by atoms with Gasteiger partial charge in [-0.05, 0) is 63.0 Å². The Bertz CT molecular complexity index is 655. The number of ether oxygens (including phenoxy) is 1. The molecular formula is C14H12Br2FNO2S. The molecule has 1 unspecified atom stereocenters. The molecule has 1 aromatic heterocycles. The van der Waals surface area contributed by atoms with Gasteiger partial charge in [0.2, 0.25) is 0 Å². The van der Waals surface area contributed by atoms with Crippen molar-refractivity contribution in [1.82, 2.24) is 5.32 Å². The van der Waals surface area contributed by atoms with Crippen molar-refractivity contribution in [2.75, 3.05) is 7.11 Å². The highest BCUT2D eigenvalue weighted by molar-refractivity contribution is 9.13. The van der Waals surface area contributed by atoms with Gasteiger partial charge in [-0.25, -0.2) is 4.39 Å². The summed E-state index contributed by atoms with van der Waals surface area (Å²) in [6.45, 7) is 1.78. The molecule has 1 aromatic carbocycles. The van der Waals surface area contributed by atoms with Crippen molar-refractivity contribution in [2.45, 2.75) is 13.0 Å². The first-order chi connectivity index (χ1) is 9.92. The van der Waals surface area contributed by atoms with Crippen LogP contribution in [0.5, 0.6) is 5.75 Å². The number of thiophene rings is 1. The standard InChI is InChI=1S/C14H12Br2FNO2S/c1-7(9-5-8(17)3-4-11(9)20-2)18-14(19)12-6-10(15)13(16)21-12/h3-7H,1-2H3,(H,18,19). The van der Waals surface area contributed by atoms with Gasteiger partial charge in [-0.15, -0.1) is 11.3 Å². The largest absolute Gasteiger partial charge is 0.496 e. The number of hydrogen-bond donors (Lipinski definition) is 1. The van der Waals surface area contributed by atoms with Gasteiger partial charge >= 0.3 is 0 Å². The highest BCUT2D eigenvalue weighted by Gasteiger charge is 2.18. The first-order valence-electron chi connectivity index (χ1n) is 6.01. The van der Waals surface area contributed by atoms with Gasteiger partial charge in [0.05, 0.1) is 21.8 Å². The summed E-state index contributed by atoms with van der Waals surface area (Å²) in [7, 11) is 1.51. The molecule has 0 radical (unpaired) electrons. The maximum atomic E-state index is 13.4. The van der Waals surface area contributed by atoms with E-state index in [1.165, 1.54) is 30.6 Å². The molecule has 2 rings (SSSR count). The third-order valence-corrected chi connectivity index (χ3v) is 6.13. The van der Waals surface area contributed by atoms with E-state index in [2.05, 4.69) is 37.2 Å². The van der Waals surface area contributed by atoms with Gasteiger partial charge in [0, 0.05) is 10.0 Å². The smallest absolute Gasteiger partial charge is 0.261 e. The number of carbonyl (C=O) groups excluding carboxylic acids is 1. The number of benzene rings is 1. The molecule has 0 spiro atoms. The maximum Gasteiger partial charge on any atom is 0.261 e. The summed E-state index contributed by atoms with van der Waals surface area (Å²) in [5, 5.41) is 2.84. The van der Waals surface area contributed by atoms with Gasteiger partial charge in [-0.3, -0.25) is 4.79 Å². The molecule has 0 aliphatic rings. The van der Waals surface area contributed by atoms with Crippen LogP contribution in [0, 0.1) is 5.82 Å². The second-order valence-electron chi connectivity index (χ2n) is 4.31. The van der Waals surface area contributed by atoms with E-state index in [0.29, 0.717) is 16.2 Å². The summed E-state index contributed by atoms with van der Waals surface area (Å²) in [5.41, 5.74) is 0.598. The first-order valence-corrected chi connectivity index (χ1v) is 8.41. The second kappa shape index (κ2) is 6.89. The Labute approximate surface area is 142 Å². The SMILES string of the molecule is COc1ccc(F)cc1C(C)NC(=O)c1cc(Br)c(Br)s1. The predicted octanol–water partition coefficient (Wildman–Crippen LogP) is 4.91. The molecule has 112 valence electrons. The normalized spacial score (nSPS) is 12.0. The summed E-state index contributed by atoms with van der Waals surface area (Å²) < 4.78 is 20.3. The van der Waals surface area contributed by atoms with Crippen LogP contribution < -0.4 is 10.1 Å². The average Bonchev–Trinajstić information content (AvgIpc) is 2.78. The van der Waals surface area contributed by atoms with Crippen molar-refractivity contribution < 1.29 is 13.9 Å². The number of halogens is 3. The molecule has 3 nitrogen and oxygen atoms in total. The Kier molecular flexibility index (Phi) is 5.40. The van der Waals surface area contributed by atoms with E-state index in [9.17, 15) is 9.18 Å². The van der Waals surface area contributed by atoms with Crippen molar-refractivity contribution in [2.24, 2.45) is 0 Å². The molecule has 2 aromatic rings. The molecule has 0 saturated carbocycles. The molecule has 1 N–H and O–H groups in total. The Morgan fingerprint density at radius 1 is 1.38 bits per heavy atom. The van der Waals surface area contributed by atoms with Crippen molar-refractivity contribution in [3.8, 4) is 5.75 Å². The molecule has 0 fully saturated rings. The number of rotatable bonds is 4. The molecule has 0 bridgehead atoms. The van der Waals surface area contributed by atoms with Crippen LogP contribution in [-0.2, 0) is 0 Å². The third kappa shape index (κ3) is 3.84. The summed E-state index contributed by atoms with van der Waals surface area (Å²) in [6.07, 6.45) is 0. The molecule has 0 aliphatic heterocycles. The molecule has 0 aliphatic carbocycles. The van der Waals surface area contributed by atoms with Crippen molar-refractivity contribution in [3.63, 3.8) is 0 Å². The molecule has 1 atom stereocenters. The summed E-state index contributed by atoms with van der Waals surface area (Å²) in [4.78, 5) is 12.8. The average molecular weight is 437 g/mol. The maximum absolute atomic E-state index is 13.4. The van der Waals surface area contributed by atoms with Gasteiger partial charge in [0.1, 0.15) is 11.6 Å². The molecule has 7 heteroatoms. The fourth-order valence-corrected chi connectivity index (χ4v) is 3.79. The summed E-state index contributed by atoms with van der Waals surface area (Å²) >= 11 is 8.02. The van der Waals surface area contributed by atoms with Gasteiger partial charge in [0.25, 0.3) is 5.91 Å². The number of carbonyl (C=O) groups is 1. The monoisotopic (exact) mass is 435 g/mol. The molecular weight excluding hydrogens is 425 g/mol. The van der Waals surface area contributed by atoms with E-state index in [1.54, 1.807) is 19.1 Å². The van der Waals surface area contributed by atoms with Crippen LogP contribution in [-0.4, -0.2) is 13.0 Å². The van der Waals surface area contributed by atoms with Crippen molar-refractivity contribution in [3.05, 3.63) is 48.8 Å². The Morgan fingerprint density at radius 3 is 2.67 bits per heavy atom. The fraction of sp³-hybridized carbons (Fsp3) is 0.214. The highest BCUT2D eigenvalue weighted by Crippen LogP contribution is 2.33. The zero-order valence-electron chi connectivity index (χ0n) is 11.2. The Balaban J connectivity index is 2.19. The summed E-state index contributed by atoms with van der Waals surface area (Å²) in [6, 6.07) is 5.60. The van der Waals surface area contributed by atoms with Crippen LogP contribution in [0.25, 0.3) is 0 Å². The van der Waals surface area contributed by atoms with E-state index in [4.69, 9.17) is 4.74 Å². The minimum atomic E-state index is -0.372. The first kappa shape index (κ1) is 16.5. The lowest BCUT2D eigenvalue weighted by molar-refractivity contribution is 0.0943. The van der Waals surface area contributed by atoms with E-state index in [0.717, 1.165) is 8.26 Å². The third-order valence-electron chi connectivity index (χ3n) is 2.87. The Hall–Kier alpha value is -0.920. The van der Waals surface area contributed by atoms with Gasteiger partial charge in [0.15, 0.2) is 0 Å². The lowest BCUT2D eigenvalue weighted by Gasteiger charge is -2.17. The number of nitrogens with one attached hydrogen (secondary N) is 1. The molecule has 0 saturated heterocycles. The highest BCUT2D eigenvalue weighted by atomic mass is 79.9. The van der Waals surface area contributed by atoms with Crippen LogP contribution in [0.1, 0.15) is 28.2 Å². The van der Waals surface area contributed by atoms with Crippen LogP contribution >= 0.6 is 43.2 Å². The number of methoxy groups -OCH3 is 1. The van der Waals surface area contributed by atoms with Crippen LogP contribution in [0.4, 0.5) is 4.39 Å².